The predicted molar refractivity (Wildman–Crippen MR) is 80.6 cm³/mol. The van der Waals surface area contributed by atoms with Gasteiger partial charge in [0.1, 0.15) is 12.4 Å². The lowest BCUT2D eigenvalue weighted by Crippen LogP contribution is -2.41. The lowest BCUT2D eigenvalue weighted by atomic mass is 10.2. The molecule has 1 rings (SSSR count). The van der Waals surface area contributed by atoms with Crippen molar-refractivity contribution in [3.05, 3.63) is 29.8 Å². The molecule has 0 aliphatic rings. The third-order valence-electron chi connectivity index (χ3n) is 2.81. The van der Waals surface area contributed by atoms with Crippen molar-refractivity contribution in [2.45, 2.75) is 26.3 Å². The fourth-order valence-electron chi connectivity index (χ4n) is 1.40. The van der Waals surface area contributed by atoms with E-state index in [-0.39, 0.29) is 6.04 Å². The summed E-state index contributed by atoms with van der Waals surface area (Å²) in [5.74, 6) is -2.55. The van der Waals surface area contributed by atoms with Crippen LogP contribution in [-0.4, -0.2) is 36.6 Å². The Morgan fingerprint density at radius 1 is 1.26 bits per heavy atom. The van der Waals surface area contributed by atoms with E-state index in [9.17, 15) is 19.5 Å². The highest BCUT2D eigenvalue weighted by Gasteiger charge is 2.14. The largest absolute Gasteiger partial charge is 0.546 e. The van der Waals surface area contributed by atoms with E-state index in [1.54, 1.807) is 31.2 Å². The van der Waals surface area contributed by atoms with E-state index >= 15 is 0 Å². The number of amides is 2. The summed E-state index contributed by atoms with van der Waals surface area (Å²) in [4.78, 5) is 33.2. The fraction of sp³-hybridized carbons (Fsp3) is 0.333. The molecule has 1 atom stereocenters. The van der Waals surface area contributed by atoms with Gasteiger partial charge >= 0.3 is 11.8 Å². The Bertz CT molecular complexity index is 583. The number of carboxylic acids is 1. The first-order valence-electron chi connectivity index (χ1n) is 6.99. The molecule has 2 N–H and O–H groups in total. The SMILES string of the molecule is CC[C@H](C)NC(=O)C(=O)N/N=C\c1ccc(OCC(=O)[O-])cc1. The topological polar surface area (TPSA) is 120 Å². The Morgan fingerprint density at radius 3 is 2.48 bits per heavy atom. The average molecular weight is 320 g/mol. The number of benzene rings is 1. The van der Waals surface area contributed by atoms with E-state index in [2.05, 4.69) is 15.8 Å². The van der Waals surface area contributed by atoms with Gasteiger partial charge in [-0.3, -0.25) is 9.59 Å². The quantitative estimate of drug-likeness (QED) is 0.386. The van der Waals surface area contributed by atoms with Gasteiger partial charge in [0.25, 0.3) is 0 Å². The Morgan fingerprint density at radius 2 is 1.91 bits per heavy atom. The molecule has 2 amide bonds. The number of ether oxygens (including phenoxy) is 1. The number of carbonyl (C=O) groups is 3. The molecular formula is C15H18N3O5-. The smallest absolute Gasteiger partial charge is 0.329 e. The highest BCUT2D eigenvalue weighted by Crippen LogP contribution is 2.10. The lowest BCUT2D eigenvalue weighted by molar-refractivity contribution is -0.307. The first kappa shape index (κ1) is 18.1. The summed E-state index contributed by atoms with van der Waals surface area (Å²) in [6, 6.07) is 6.22. The second-order valence-electron chi connectivity index (χ2n) is 4.71. The van der Waals surface area contributed by atoms with Gasteiger partial charge in [0.15, 0.2) is 0 Å². The van der Waals surface area contributed by atoms with Crippen LogP contribution in [0.5, 0.6) is 5.75 Å². The summed E-state index contributed by atoms with van der Waals surface area (Å²) in [5, 5.41) is 16.4. The maximum Gasteiger partial charge on any atom is 0.329 e. The number of carbonyl (C=O) groups excluding carboxylic acids is 3. The van der Waals surface area contributed by atoms with Crippen molar-refractivity contribution in [3.63, 3.8) is 0 Å². The number of hydrogen-bond acceptors (Lipinski definition) is 6. The van der Waals surface area contributed by atoms with Gasteiger partial charge in [-0.1, -0.05) is 6.92 Å². The molecular weight excluding hydrogens is 302 g/mol. The molecule has 0 saturated heterocycles. The van der Waals surface area contributed by atoms with Gasteiger partial charge in [-0.25, -0.2) is 5.43 Å². The molecule has 0 heterocycles. The molecule has 8 nitrogen and oxygen atoms in total. The normalized spacial score (nSPS) is 11.7. The molecule has 0 fully saturated rings. The summed E-state index contributed by atoms with van der Waals surface area (Å²) < 4.78 is 4.91. The van der Waals surface area contributed by atoms with Crippen LogP contribution in [0.15, 0.2) is 29.4 Å². The van der Waals surface area contributed by atoms with E-state index in [0.717, 1.165) is 0 Å². The summed E-state index contributed by atoms with van der Waals surface area (Å²) in [6.45, 7) is 3.15. The van der Waals surface area contributed by atoms with E-state index < -0.39 is 24.4 Å². The minimum absolute atomic E-state index is 0.0919. The van der Waals surface area contributed by atoms with Crippen molar-refractivity contribution >= 4 is 24.0 Å². The fourth-order valence-corrected chi connectivity index (χ4v) is 1.40. The van der Waals surface area contributed by atoms with Gasteiger partial charge in [-0.15, -0.1) is 0 Å². The highest BCUT2D eigenvalue weighted by molar-refractivity contribution is 6.35. The van der Waals surface area contributed by atoms with Crippen LogP contribution in [-0.2, 0) is 14.4 Å². The van der Waals surface area contributed by atoms with Crippen molar-refractivity contribution in [1.82, 2.24) is 10.7 Å². The van der Waals surface area contributed by atoms with Gasteiger partial charge in [0, 0.05) is 6.04 Å². The summed E-state index contributed by atoms with van der Waals surface area (Å²) in [7, 11) is 0. The van der Waals surface area contributed by atoms with Crippen LogP contribution in [0, 0.1) is 0 Å². The summed E-state index contributed by atoms with van der Waals surface area (Å²) >= 11 is 0. The number of hydrogen-bond donors (Lipinski definition) is 2. The first-order valence-corrected chi connectivity index (χ1v) is 6.99. The molecule has 0 bridgehead atoms. The van der Waals surface area contributed by atoms with E-state index in [0.29, 0.717) is 17.7 Å². The van der Waals surface area contributed by atoms with Crippen molar-refractivity contribution in [2.24, 2.45) is 5.10 Å². The Hall–Kier alpha value is -2.90. The molecule has 0 saturated carbocycles. The number of hydrazone groups is 1. The van der Waals surface area contributed by atoms with Gasteiger partial charge < -0.3 is 20.0 Å². The second kappa shape index (κ2) is 9.19. The summed E-state index contributed by atoms with van der Waals surface area (Å²) in [6.07, 6.45) is 2.06. The van der Waals surface area contributed by atoms with Crippen LogP contribution in [0.3, 0.4) is 0 Å². The number of aliphatic carboxylic acids is 1. The first-order chi connectivity index (χ1) is 10.9. The predicted octanol–water partition coefficient (Wildman–Crippen LogP) is -0.820. The molecule has 0 radical (unpaired) electrons. The molecule has 124 valence electrons. The number of nitrogens with one attached hydrogen (secondary N) is 2. The molecule has 8 heteroatoms. The van der Waals surface area contributed by atoms with Crippen molar-refractivity contribution in [3.8, 4) is 5.75 Å². The number of rotatable bonds is 7. The second-order valence-corrected chi connectivity index (χ2v) is 4.71. The average Bonchev–Trinajstić information content (AvgIpc) is 2.53. The van der Waals surface area contributed by atoms with Gasteiger partial charge in [-0.05, 0) is 43.2 Å². The number of carboxylic acid groups (broad SMARTS) is 1. The standard InChI is InChI=1S/C15H19N3O5/c1-3-10(2)17-14(21)15(22)18-16-8-11-4-6-12(7-5-11)23-9-13(19)20/h4-8,10H,3,9H2,1-2H3,(H,17,21)(H,18,22)(H,19,20)/p-1/b16-8-/t10-/m0/s1. The summed E-state index contributed by atoms with van der Waals surface area (Å²) in [5.41, 5.74) is 2.75. The Labute approximate surface area is 133 Å². The maximum atomic E-state index is 11.5. The van der Waals surface area contributed by atoms with Crippen molar-refractivity contribution in [2.75, 3.05) is 6.61 Å². The molecule has 0 aromatic heterocycles. The van der Waals surface area contributed by atoms with E-state index in [1.807, 2.05) is 6.92 Å². The maximum absolute atomic E-state index is 11.5. The number of nitrogens with zero attached hydrogens (tertiary/aromatic N) is 1. The third-order valence-corrected chi connectivity index (χ3v) is 2.81. The molecule has 0 unspecified atom stereocenters. The monoisotopic (exact) mass is 320 g/mol. The van der Waals surface area contributed by atoms with Crippen LogP contribution in [0.25, 0.3) is 0 Å². The minimum Gasteiger partial charge on any atom is -0.546 e. The van der Waals surface area contributed by atoms with Crippen LogP contribution in [0.2, 0.25) is 0 Å². The van der Waals surface area contributed by atoms with Crippen molar-refractivity contribution < 1.29 is 24.2 Å². The molecule has 1 aromatic rings. The van der Waals surface area contributed by atoms with Crippen LogP contribution >= 0.6 is 0 Å². The zero-order chi connectivity index (χ0) is 17.2. The van der Waals surface area contributed by atoms with Crippen LogP contribution < -0.4 is 20.6 Å². The molecule has 23 heavy (non-hydrogen) atoms. The third kappa shape index (κ3) is 7.07. The van der Waals surface area contributed by atoms with E-state index in [4.69, 9.17) is 4.74 Å². The van der Waals surface area contributed by atoms with Crippen LogP contribution in [0.4, 0.5) is 0 Å². The Balaban J connectivity index is 2.46. The zero-order valence-electron chi connectivity index (χ0n) is 12.9. The van der Waals surface area contributed by atoms with Crippen molar-refractivity contribution in [1.29, 1.82) is 0 Å². The molecule has 0 aliphatic heterocycles. The lowest BCUT2D eigenvalue weighted by Gasteiger charge is -2.09. The highest BCUT2D eigenvalue weighted by atomic mass is 16.5. The molecule has 1 aromatic carbocycles. The molecule has 0 spiro atoms. The van der Waals surface area contributed by atoms with Gasteiger partial charge in [0.2, 0.25) is 0 Å². The van der Waals surface area contributed by atoms with Gasteiger partial charge in [0.05, 0.1) is 12.2 Å². The molecule has 0 aliphatic carbocycles. The van der Waals surface area contributed by atoms with Gasteiger partial charge in [-0.2, -0.15) is 5.10 Å². The van der Waals surface area contributed by atoms with Crippen LogP contribution in [0.1, 0.15) is 25.8 Å². The van der Waals surface area contributed by atoms with E-state index in [1.165, 1.54) is 6.21 Å². The zero-order valence-corrected chi connectivity index (χ0v) is 12.9. The minimum atomic E-state index is -1.31. The Kier molecular flexibility index (Phi) is 7.25.